The van der Waals surface area contributed by atoms with Gasteiger partial charge in [0.2, 0.25) is 0 Å². The summed E-state index contributed by atoms with van der Waals surface area (Å²) >= 11 is 0. The molecule has 6 heteroatoms. The number of aromatic hydroxyl groups is 1. The van der Waals surface area contributed by atoms with Crippen molar-refractivity contribution >= 4 is 23.1 Å². The number of nitrogens with one attached hydrogen (secondary N) is 1. The minimum Gasteiger partial charge on any atom is -0.508 e. The molecule has 2 rings (SSSR count). The molecule has 0 bridgehead atoms. The van der Waals surface area contributed by atoms with E-state index in [0.29, 0.717) is 25.0 Å². The number of ketones is 3. The SMILES string of the molecule is CCC(C)C(=O)[C@@H](Cc1ccccc1)NC(C)(CC)C(=O)[C@H](Cc1ccc(O)cc1)N=C(C)C(C)C(C)=O. The first-order valence-corrected chi connectivity index (χ1v) is 13.6. The maximum Gasteiger partial charge on any atom is 0.177 e. The number of aliphatic imine (C=N–C) groups is 1. The molecule has 0 aliphatic rings. The number of Topliss-reactive ketones (excluding diaryl/α,β-unsaturated/α-hetero) is 3. The molecule has 0 radical (unpaired) electrons. The molecular formula is C32H44N2O4. The zero-order valence-electron chi connectivity index (χ0n) is 24.0. The summed E-state index contributed by atoms with van der Waals surface area (Å²) in [5.74, 6) is -0.447. The van der Waals surface area contributed by atoms with Crippen LogP contribution in [0.5, 0.6) is 5.75 Å². The molecule has 6 nitrogen and oxygen atoms in total. The lowest BCUT2D eigenvalue weighted by Gasteiger charge is -2.35. The quantitative estimate of drug-likeness (QED) is 0.301. The van der Waals surface area contributed by atoms with Crippen LogP contribution in [0.2, 0.25) is 0 Å². The lowest BCUT2D eigenvalue weighted by molar-refractivity contribution is -0.129. The van der Waals surface area contributed by atoms with Crippen LogP contribution in [0.3, 0.4) is 0 Å². The number of hydrogen-bond donors (Lipinski definition) is 2. The van der Waals surface area contributed by atoms with Crippen molar-refractivity contribution in [3.63, 3.8) is 0 Å². The van der Waals surface area contributed by atoms with Crippen LogP contribution in [0.15, 0.2) is 59.6 Å². The van der Waals surface area contributed by atoms with Crippen LogP contribution >= 0.6 is 0 Å². The van der Waals surface area contributed by atoms with Gasteiger partial charge in [-0.15, -0.1) is 0 Å². The number of phenolic OH excluding ortho intramolecular Hbond substituents is 1. The number of carbonyl (C=O) groups excluding carboxylic acids is 3. The van der Waals surface area contributed by atoms with Crippen LogP contribution in [-0.2, 0) is 27.2 Å². The highest BCUT2D eigenvalue weighted by atomic mass is 16.3. The second-order valence-electron chi connectivity index (χ2n) is 10.6. The van der Waals surface area contributed by atoms with Crippen molar-refractivity contribution in [3.05, 3.63) is 65.7 Å². The van der Waals surface area contributed by atoms with Gasteiger partial charge in [0.1, 0.15) is 17.6 Å². The zero-order valence-corrected chi connectivity index (χ0v) is 24.0. The van der Waals surface area contributed by atoms with Crippen LogP contribution in [0, 0.1) is 11.8 Å². The molecule has 0 aromatic heterocycles. The number of phenols is 1. The topological polar surface area (TPSA) is 95.8 Å². The van der Waals surface area contributed by atoms with E-state index in [0.717, 1.165) is 17.5 Å². The van der Waals surface area contributed by atoms with Crippen LogP contribution in [0.4, 0.5) is 0 Å². The average molecular weight is 521 g/mol. The van der Waals surface area contributed by atoms with E-state index < -0.39 is 23.5 Å². The van der Waals surface area contributed by atoms with Crippen molar-refractivity contribution in [2.75, 3.05) is 0 Å². The molecule has 0 heterocycles. The molecule has 0 saturated carbocycles. The second kappa shape index (κ2) is 14.1. The van der Waals surface area contributed by atoms with Crippen molar-refractivity contribution < 1.29 is 19.5 Å². The Labute approximate surface area is 228 Å². The fraction of sp³-hybridized carbons (Fsp3) is 0.500. The summed E-state index contributed by atoms with van der Waals surface area (Å²) in [5, 5.41) is 13.2. The number of carbonyl (C=O) groups is 3. The number of rotatable bonds is 15. The number of hydrogen-bond acceptors (Lipinski definition) is 6. The summed E-state index contributed by atoms with van der Waals surface area (Å²) in [7, 11) is 0. The van der Waals surface area contributed by atoms with Crippen molar-refractivity contribution in [2.45, 2.75) is 91.8 Å². The van der Waals surface area contributed by atoms with E-state index in [2.05, 4.69) is 5.32 Å². The molecule has 0 aliphatic heterocycles. The standard InChI is InChI=1S/C32H44N2O4/c1-8-21(3)30(37)28(19-25-13-11-10-12-14-25)34-32(7,9-2)31(38)29(33-23(5)22(4)24(6)35)20-26-15-17-27(36)18-16-26/h10-18,21-22,28-29,34,36H,8-9,19-20H2,1-7H3/t21?,22?,28-,29+,32?/m1/s1. The first kappa shape index (κ1) is 31.1. The van der Waals surface area contributed by atoms with Crippen molar-refractivity contribution in [3.8, 4) is 5.75 Å². The first-order chi connectivity index (χ1) is 17.9. The maximum absolute atomic E-state index is 14.2. The Morgan fingerprint density at radius 2 is 1.50 bits per heavy atom. The molecule has 2 aromatic carbocycles. The largest absolute Gasteiger partial charge is 0.508 e. The first-order valence-electron chi connectivity index (χ1n) is 13.6. The Morgan fingerprint density at radius 1 is 0.921 bits per heavy atom. The van der Waals surface area contributed by atoms with Crippen LogP contribution in [0.1, 0.15) is 72.4 Å². The highest BCUT2D eigenvalue weighted by Gasteiger charge is 2.40. The van der Waals surface area contributed by atoms with Crippen molar-refractivity contribution in [1.29, 1.82) is 0 Å². The van der Waals surface area contributed by atoms with Gasteiger partial charge in [-0.2, -0.15) is 0 Å². The summed E-state index contributed by atoms with van der Waals surface area (Å²) < 4.78 is 0. The Kier molecular flexibility index (Phi) is 11.6. The molecule has 0 saturated heterocycles. The molecule has 38 heavy (non-hydrogen) atoms. The Morgan fingerprint density at radius 3 is 2.03 bits per heavy atom. The van der Waals surface area contributed by atoms with E-state index in [9.17, 15) is 19.5 Å². The van der Waals surface area contributed by atoms with Crippen molar-refractivity contribution in [2.24, 2.45) is 16.8 Å². The highest BCUT2D eigenvalue weighted by molar-refractivity contribution is 6.04. The van der Waals surface area contributed by atoms with Crippen LogP contribution in [-0.4, -0.2) is 45.8 Å². The van der Waals surface area contributed by atoms with Crippen molar-refractivity contribution in [1.82, 2.24) is 5.32 Å². The van der Waals surface area contributed by atoms with Gasteiger partial charge in [0.15, 0.2) is 11.6 Å². The summed E-state index contributed by atoms with van der Waals surface area (Å²) in [5.41, 5.74) is 1.46. The lowest BCUT2D eigenvalue weighted by Crippen LogP contribution is -2.59. The van der Waals surface area contributed by atoms with Gasteiger partial charge in [0, 0.05) is 18.1 Å². The smallest absolute Gasteiger partial charge is 0.177 e. The molecule has 0 amide bonds. The second-order valence-corrected chi connectivity index (χ2v) is 10.6. The average Bonchev–Trinajstić information content (AvgIpc) is 2.92. The fourth-order valence-electron chi connectivity index (χ4n) is 4.42. The van der Waals surface area contributed by atoms with Crippen LogP contribution < -0.4 is 5.32 Å². The molecule has 2 N–H and O–H groups in total. The van der Waals surface area contributed by atoms with Gasteiger partial charge in [-0.25, -0.2) is 0 Å². The van der Waals surface area contributed by atoms with Gasteiger partial charge in [-0.3, -0.25) is 24.7 Å². The molecule has 0 spiro atoms. The Balaban J connectivity index is 2.47. The third-order valence-electron chi connectivity index (χ3n) is 7.73. The molecule has 3 unspecified atom stereocenters. The predicted octanol–water partition coefficient (Wildman–Crippen LogP) is 5.54. The minimum atomic E-state index is -1.02. The maximum atomic E-state index is 14.2. The van der Waals surface area contributed by atoms with E-state index in [1.54, 1.807) is 38.1 Å². The minimum absolute atomic E-state index is 0.0134. The van der Waals surface area contributed by atoms with E-state index in [-0.39, 0.29) is 29.0 Å². The van der Waals surface area contributed by atoms with E-state index >= 15 is 0 Å². The summed E-state index contributed by atoms with van der Waals surface area (Å²) in [6.07, 6.45) is 1.99. The zero-order chi connectivity index (χ0) is 28.5. The molecule has 0 aliphatic carbocycles. The molecular weight excluding hydrogens is 476 g/mol. The predicted molar refractivity (Wildman–Crippen MR) is 154 cm³/mol. The summed E-state index contributed by atoms with van der Waals surface area (Å²) in [6.45, 7) is 12.8. The molecule has 0 fully saturated rings. The van der Waals surface area contributed by atoms with Crippen LogP contribution in [0.25, 0.3) is 0 Å². The van der Waals surface area contributed by atoms with Gasteiger partial charge in [0.25, 0.3) is 0 Å². The molecule has 206 valence electrons. The van der Waals surface area contributed by atoms with Gasteiger partial charge < -0.3 is 5.11 Å². The normalized spacial score (nSPS) is 16.7. The van der Waals surface area contributed by atoms with Gasteiger partial charge in [-0.1, -0.05) is 70.2 Å². The molecule has 5 atom stereocenters. The van der Waals surface area contributed by atoms with Gasteiger partial charge in [0.05, 0.1) is 17.5 Å². The summed E-state index contributed by atoms with van der Waals surface area (Å²) in [6, 6.07) is 15.3. The van der Waals surface area contributed by atoms with E-state index in [4.69, 9.17) is 4.99 Å². The third-order valence-corrected chi connectivity index (χ3v) is 7.73. The van der Waals surface area contributed by atoms with E-state index in [1.165, 1.54) is 6.92 Å². The Hall–Kier alpha value is -3.12. The highest BCUT2D eigenvalue weighted by Crippen LogP contribution is 2.23. The number of nitrogens with zero attached hydrogens (tertiary/aromatic N) is 1. The van der Waals surface area contributed by atoms with E-state index in [1.807, 2.05) is 58.0 Å². The number of benzene rings is 2. The monoisotopic (exact) mass is 520 g/mol. The lowest BCUT2D eigenvalue weighted by atomic mass is 9.83. The fourth-order valence-corrected chi connectivity index (χ4v) is 4.42. The molecule has 2 aromatic rings. The summed E-state index contributed by atoms with van der Waals surface area (Å²) in [4.78, 5) is 44.5. The Bertz CT molecular complexity index is 1110. The third kappa shape index (κ3) is 8.45. The van der Waals surface area contributed by atoms with Gasteiger partial charge >= 0.3 is 0 Å². The van der Waals surface area contributed by atoms with Gasteiger partial charge in [-0.05, 0) is 63.3 Å².